The Kier molecular flexibility index (Phi) is 4.48. The van der Waals surface area contributed by atoms with Gasteiger partial charge in [0.2, 0.25) is 0 Å². The van der Waals surface area contributed by atoms with Crippen LogP contribution in [0.5, 0.6) is 0 Å². The van der Waals surface area contributed by atoms with E-state index in [0.29, 0.717) is 0 Å². The van der Waals surface area contributed by atoms with Gasteiger partial charge in [-0.05, 0) is 43.0 Å². The van der Waals surface area contributed by atoms with Crippen molar-refractivity contribution < 1.29 is 0 Å². The summed E-state index contributed by atoms with van der Waals surface area (Å²) in [6.45, 7) is 6.21. The van der Waals surface area contributed by atoms with Crippen molar-refractivity contribution in [2.75, 3.05) is 5.73 Å². The molecule has 0 aliphatic heterocycles. The van der Waals surface area contributed by atoms with Crippen LogP contribution in [0.15, 0.2) is 30.5 Å². The summed E-state index contributed by atoms with van der Waals surface area (Å²) < 4.78 is 0. The van der Waals surface area contributed by atoms with E-state index in [9.17, 15) is 0 Å². The van der Waals surface area contributed by atoms with Crippen LogP contribution in [0.2, 0.25) is 0 Å². The van der Waals surface area contributed by atoms with Crippen LogP contribution in [0, 0.1) is 20.8 Å². The fourth-order valence-electron chi connectivity index (χ4n) is 1.97. The van der Waals surface area contributed by atoms with Crippen LogP contribution in [-0.4, -0.2) is 4.98 Å². The van der Waals surface area contributed by atoms with E-state index in [1.165, 1.54) is 11.1 Å². The molecule has 0 saturated heterocycles. The van der Waals surface area contributed by atoms with Crippen molar-refractivity contribution in [3.63, 3.8) is 0 Å². The Labute approximate surface area is 119 Å². The molecule has 0 spiro atoms. The number of pyridine rings is 1. The molecule has 2 N–H and O–H groups in total. The van der Waals surface area contributed by atoms with Crippen LogP contribution in [0.3, 0.4) is 0 Å². The Morgan fingerprint density at radius 2 is 1.79 bits per heavy atom. The van der Waals surface area contributed by atoms with Crippen molar-refractivity contribution in [3.8, 4) is 0 Å². The summed E-state index contributed by atoms with van der Waals surface area (Å²) in [4.78, 5) is 4.49. The predicted molar refractivity (Wildman–Crippen MR) is 84.3 cm³/mol. The number of aryl methyl sites for hydroxylation is 2. The van der Waals surface area contributed by atoms with E-state index in [0.717, 1.165) is 34.0 Å². The Balaban J connectivity index is 2.01. The van der Waals surface area contributed by atoms with Gasteiger partial charge in [-0.1, -0.05) is 24.3 Å². The summed E-state index contributed by atoms with van der Waals surface area (Å²) in [5.41, 5.74) is 12.9. The van der Waals surface area contributed by atoms with Gasteiger partial charge in [-0.3, -0.25) is 4.98 Å². The molecule has 0 aliphatic rings. The molecule has 0 amide bonds. The number of thioether (sulfide) groups is 1. The summed E-state index contributed by atoms with van der Waals surface area (Å²) in [6, 6.07) is 8.52. The van der Waals surface area contributed by atoms with Gasteiger partial charge in [0.1, 0.15) is 0 Å². The van der Waals surface area contributed by atoms with Gasteiger partial charge in [-0.2, -0.15) is 11.8 Å². The number of aromatic nitrogens is 1. The van der Waals surface area contributed by atoms with Crippen molar-refractivity contribution >= 4 is 17.4 Å². The van der Waals surface area contributed by atoms with E-state index in [4.69, 9.17) is 5.73 Å². The third-order valence-corrected chi connectivity index (χ3v) is 4.43. The number of nitrogen functional groups attached to an aromatic ring is 1. The summed E-state index contributed by atoms with van der Waals surface area (Å²) in [5.74, 6) is 1.92. The highest BCUT2D eigenvalue weighted by Crippen LogP contribution is 2.24. The molecule has 1 heterocycles. The maximum Gasteiger partial charge on any atom is 0.0552 e. The third-order valence-electron chi connectivity index (χ3n) is 3.43. The van der Waals surface area contributed by atoms with Gasteiger partial charge in [-0.15, -0.1) is 0 Å². The first-order chi connectivity index (χ1) is 9.09. The number of hydrogen-bond donors (Lipinski definition) is 1. The number of nitrogens with two attached hydrogens (primary N) is 1. The van der Waals surface area contributed by atoms with Crippen molar-refractivity contribution in [1.29, 1.82) is 0 Å². The highest BCUT2D eigenvalue weighted by Gasteiger charge is 2.06. The Morgan fingerprint density at radius 1 is 1.05 bits per heavy atom. The molecular weight excluding hydrogens is 252 g/mol. The lowest BCUT2D eigenvalue weighted by molar-refractivity contribution is 1.11. The van der Waals surface area contributed by atoms with Crippen LogP contribution in [0.25, 0.3) is 0 Å². The largest absolute Gasteiger partial charge is 0.398 e. The van der Waals surface area contributed by atoms with Crippen LogP contribution in [-0.2, 0) is 11.5 Å². The second kappa shape index (κ2) is 6.11. The quantitative estimate of drug-likeness (QED) is 0.913. The first-order valence-electron chi connectivity index (χ1n) is 6.42. The minimum atomic E-state index is 0.876. The second-order valence-corrected chi connectivity index (χ2v) is 5.83. The molecule has 2 rings (SSSR count). The van der Waals surface area contributed by atoms with Crippen LogP contribution >= 0.6 is 11.8 Å². The van der Waals surface area contributed by atoms with E-state index >= 15 is 0 Å². The molecule has 0 atom stereocenters. The third kappa shape index (κ3) is 3.29. The lowest BCUT2D eigenvalue weighted by Gasteiger charge is -2.10. The topological polar surface area (TPSA) is 38.9 Å². The van der Waals surface area contributed by atoms with Crippen LogP contribution in [0.1, 0.15) is 27.9 Å². The molecule has 2 aromatic rings. The number of anilines is 1. The lowest BCUT2D eigenvalue weighted by atomic mass is 10.1. The molecule has 1 aromatic carbocycles. The average molecular weight is 272 g/mol. The standard InChI is InChI=1S/C16H20N2S/c1-11-6-4-5-7-14(11)9-19-10-15-13(3)16(17)12(2)8-18-15/h4-8H,9-10H2,1-3H3,(H2,17,18). The van der Waals surface area contributed by atoms with Gasteiger partial charge in [0.05, 0.1) is 5.69 Å². The summed E-state index contributed by atoms with van der Waals surface area (Å²) >= 11 is 1.88. The molecular formula is C16H20N2S. The highest BCUT2D eigenvalue weighted by molar-refractivity contribution is 7.97. The van der Waals surface area contributed by atoms with E-state index in [2.05, 4.69) is 43.1 Å². The summed E-state index contributed by atoms with van der Waals surface area (Å²) in [6.07, 6.45) is 1.87. The number of rotatable bonds is 4. The summed E-state index contributed by atoms with van der Waals surface area (Å²) in [5, 5.41) is 0. The minimum absolute atomic E-state index is 0.876. The Morgan fingerprint density at radius 3 is 2.53 bits per heavy atom. The number of benzene rings is 1. The summed E-state index contributed by atoms with van der Waals surface area (Å²) in [7, 11) is 0. The highest BCUT2D eigenvalue weighted by atomic mass is 32.2. The zero-order valence-corrected chi connectivity index (χ0v) is 12.6. The molecule has 1 aromatic heterocycles. The monoisotopic (exact) mass is 272 g/mol. The lowest BCUT2D eigenvalue weighted by Crippen LogP contribution is -2.00. The molecule has 2 nitrogen and oxygen atoms in total. The van der Waals surface area contributed by atoms with Gasteiger partial charge in [-0.25, -0.2) is 0 Å². The molecule has 3 heteroatoms. The number of hydrogen-bond acceptors (Lipinski definition) is 3. The molecule has 0 unspecified atom stereocenters. The first kappa shape index (κ1) is 13.9. The molecule has 0 bridgehead atoms. The van der Waals surface area contributed by atoms with Gasteiger partial charge in [0, 0.05) is 23.4 Å². The molecule has 0 aliphatic carbocycles. The van der Waals surface area contributed by atoms with Crippen LogP contribution in [0.4, 0.5) is 5.69 Å². The van der Waals surface area contributed by atoms with E-state index in [1.807, 2.05) is 24.9 Å². The SMILES string of the molecule is Cc1ccccc1CSCc1ncc(C)c(N)c1C. The fraction of sp³-hybridized carbons (Fsp3) is 0.312. The van der Waals surface area contributed by atoms with E-state index in [1.54, 1.807) is 0 Å². The van der Waals surface area contributed by atoms with Gasteiger partial charge in [0.15, 0.2) is 0 Å². The first-order valence-corrected chi connectivity index (χ1v) is 7.58. The van der Waals surface area contributed by atoms with Crippen molar-refractivity contribution in [2.45, 2.75) is 32.3 Å². The normalized spacial score (nSPS) is 10.7. The second-order valence-electron chi connectivity index (χ2n) is 4.85. The Hall–Kier alpha value is -1.48. The molecule has 100 valence electrons. The predicted octanol–water partition coefficient (Wildman–Crippen LogP) is 4.02. The average Bonchev–Trinajstić information content (AvgIpc) is 2.41. The van der Waals surface area contributed by atoms with Crippen molar-refractivity contribution in [3.05, 3.63) is 58.4 Å². The maximum atomic E-state index is 6.04. The molecule has 0 radical (unpaired) electrons. The molecule has 19 heavy (non-hydrogen) atoms. The maximum absolute atomic E-state index is 6.04. The molecule has 0 fully saturated rings. The van der Waals surface area contributed by atoms with Gasteiger partial charge >= 0.3 is 0 Å². The number of nitrogens with zero attached hydrogens (tertiary/aromatic N) is 1. The fourth-order valence-corrected chi connectivity index (χ4v) is 3.10. The minimum Gasteiger partial charge on any atom is -0.398 e. The van der Waals surface area contributed by atoms with Crippen molar-refractivity contribution in [1.82, 2.24) is 4.98 Å². The van der Waals surface area contributed by atoms with Crippen molar-refractivity contribution in [2.24, 2.45) is 0 Å². The van der Waals surface area contributed by atoms with Gasteiger partial charge < -0.3 is 5.73 Å². The van der Waals surface area contributed by atoms with E-state index in [-0.39, 0.29) is 0 Å². The molecule has 0 saturated carbocycles. The zero-order valence-electron chi connectivity index (χ0n) is 11.7. The van der Waals surface area contributed by atoms with Gasteiger partial charge in [0.25, 0.3) is 0 Å². The zero-order chi connectivity index (χ0) is 13.8. The van der Waals surface area contributed by atoms with E-state index < -0.39 is 0 Å². The van der Waals surface area contributed by atoms with Crippen LogP contribution < -0.4 is 5.73 Å². The Bertz CT molecular complexity index is 579. The smallest absolute Gasteiger partial charge is 0.0552 e.